The Labute approximate surface area is 195 Å². The minimum Gasteiger partial charge on any atom is -0.463 e. The molecule has 176 valence electrons. The molecule has 3 atom stereocenters. The van der Waals surface area contributed by atoms with Crippen LogP contribution in [0, 0.1) is 29.1 Å². The van der Waals surface area contributed by atoms with Gasteiger partial charge < -0.3 is 9.64 Å². The predicted molar refractivity (Wildman–Crippen MR) is 133 cm³/mol. The monoisotopic (exact) mass is 438 g/mol. The molecule has 1 heterocycles. The quantitative estimate of drug-likeness (QED) is 0.301. The lowest BCUT2D eigenvalue weighted by atomic mass is 9.87. The molecule has 0 N–H and O–H groups in total. The number of hydrogen-bond acceptors (Lipinski definition) is 5. The van der Waals surface area contributed by atoms with Gasteiger partial charge in [0.2, 0.25) is 0 Å². The van der Waals surface area contributed by atoms with E-state index < -0.39 is 0 Å². The van der Waals surface area contributed by atoms with Crippen LogP contribution in [-0.2, 0) is 12.8 Å². The maximum atomic E-state index is 9.14. The lowest BCUT2D eigenvalue weighted by Crippen LogP contribution is -2.32. The van der Waals surface area contributed by atoms with Crippen LogP contribution in [0.3, 0.4) is 0 Å². The van der Waals surface area contributed by atoms with E-state index in [0.717, 1.165) is 63.1 Å². The number of rotatable bonds is 15. The lowest BCUT2D eigenvalue weighted by molar-refractivity contribution is 0.221. The average Bonchev–Trinajstić information content (AvgIpc) is 2.79. The van der Waals surface area contributed by atoms with Crippen LogP contribution >= 0.6 is 0 Å². The van der Waals surface area contributed by atoms with Crippen molar-refractivity contribution < 1.29 is 4.74 Å². The molecule has 0 saturated carbocycles. The van der Waals surface area contributed by atoms with Crippen molar-refractivity contribution in [3.8, 4) is 12.1 Å². The molecule has 5 heteroatoms. The minimum atomic E-state index is 0.289. The van der Waals surface area contributed by atoms with Crippen LogP contribution < -0.4 is 9.64 Å². The molecule has 0 saturated heterocycles. The third-order valence-corrected chi connectivity index (χ3v) is 6.28. The molecule has 1 aromatic heterocycles. The Balaban J connectivity index is 2.33. The van der Waals surface area contributed by atoms with Crippen molar-refractivity contribution in [1.82, 2.24) is 9.97 Å². The van der Waals surface area contributed by atoms with Gasteiger partial charge in [-0.05, 0) is 56.3 Å². The van der Waals surface area contributed by atoms with E-state index in [1.807, 2.05) is 6.08 Å². The van der Waals surface area contributed by atoms with Crippen molar-refractivity contribution in [2.45, 2.75) is 78.6 Å². The Bertz CT molecular complexity index is 770. The first kappa shape index (κ1) is 25.9. The van der Waals surface area contributed by atoms with Crippen LogP contribution in [0.2, 0.25) is 0 Å². The van der Waals surface area contributed by atoms with Gasteiger partial charge in [0, 0.05) is 25.1 Å². The number of aromatic nitrogens is 2. The van der Waals surface area contributed by atoms with E-state index in [0.29, 0.717) is 30.9 Å². The van der Waals surface area contributed by atoms with E-state index in [9.17, 15) is 0 Å². The molecule has 1 aliphatic carbocycles. The fourth-order valence-electron chi connectivity index (χ4n) is 4.47. The number of nitriles is 1. The largest absolute Gasteiger partial charge is 0.463 e. The highest BCUT2D eigenvalue weighted by molar-refractivity contribution is 5.51. The molecule has 0 spiro atoms. The molecular formula is C27H42N4O. The van der Waals surface area contributed by atoms with Gasteiger partial charge in [0.25, 0.3) is 0 Å². The van der Waals surface area contributed by atoms with E-state index in [1.165, 1.54) is 18.4 Å². The SMILES string of the molecule is C=CC[C@@H](CCCC)COc1nc2c(c(N(CCC)CC(C)CC#N)n1)CCC(C=C)C2. The number of ether oxygens (including phenoxy) is 1. The van der Waals surface area contributed by atoms with Crippen LogP contribution in [0.25, 0.3) is 0 Å². The molecule has 1 aliphatic rings. The number of hydrogen-bond donors (Lipinski definition) is 0. The summed E-state index contributed by atoms with van der Waals surface area (Å²) < 4.78 is 6.20. The first-order chi connectivity index (χ1) is 15.6. The van der Waals surface area contributed by atoms with Gasteiger partial charge >= 0.3 is 6.01 Å². The van der Waals surface area contributed by atoms with E-state index in [-0.39, 0.29) is 5.92 Å². The Morgan fingerprint density at radius 3 is 2.75 bits per heavy atom. The lowest BCUT2D eigenvalue weighted by Gasteiger charge is -2.31. The molecule has 2 unspecified atom stereocenters. The Kier molecular flexibility index (Phi) is 11.3. The average molecular weight is 439 g/mol. The van der Waals surface area contributed by atoms with Gasteiger partial charge in [-0.25, -0.2) is 0 Å². The summed E-state index contributed by atoms with van der Waals surface area (Å²) in [6, 6.07) is 2.80. The van der Waals surface area contributed by atoms with E-state index in [4.69, 9.17) is 20.0 Å². The third kappa shape index (κ3) is 7.65. The topological polar surface area (TPSA) is 62.0 Å². The van der Waals surface area contributed by atoms with Crippen LogP contribution in [0.5, 0.6) is 6.01 Å². The Morgan fingerprint density at radius 1 is 1.28 bits per heavy atom. The number of fused-ring (bicyclic) bond motifs is 1. The second-order valence-electron chi connectivity index (χ2n) is 9.25. The van der Waals surface area contributed by atoms with Gasteiger partial charge in [-0.2, -0.15) is 15.2 Å². The van der Waals surface area contributed by atoms with Gasteiger partial charge in [-0.15, -0.1) is 13.2 Å². The molecule has 32 heavy (non-hydrogen) atoms. The zero-order valence-corrected chi connectivity index (χ0v) is 20.5. The van der Waals surface area contributed by atoms with E-state index >= 15 is 0 Å². The second-order valence-corrected chi connectivity index (χ2v) is 9.25. The first-order valence-electron chi connectivity index (χ1n) is 12.4. The summed E-state index contributed by atoms with van der Waals surface area (Å²) in [5.41, 5.74) is 2.35. The molecule has 0 amide bonds. The predicted octanol–water partition coefficient (Wildman–Crippen LogP) is 6.29. The van der Waals surface area contributed by atoms with Crippen LogP contribution in [0.15, 0.2) is 25.3 Å². The smallest absolute Gasteiger partial charge is 0.318 e. The highest BCUT2D eigenvalue weighted by Gasteiger charge is 2.26. The van der Waals surface area contributed by atoms with Crippen LogP contribution in [0.4, 0.5) is 5.82 Å². The molecule has 0 bridgehead atoms. The normalized spacial score (nSPS) is 17.0. The maximum Gasteiger partial charge on any atom is 0.318 e. The molecule has 0 aliphatic heterocycles. The number of nitrogens with zero attached hydrogens (tertiary/aromatic N) is 4. The standard InChI is InChI=1S/C27H42N4O/c1-6-10-12-23(11-7-2)20-32-27-29-25-18-22(9-4)13-14-24(25)26(30-27)31(17-8-3)19-21(5)15-16-28/h7,9,21-23H,2,4,6,8,10-15,17-20H2,1,3,5H3/t21?,22?,23-/m0/s1. The summed E-state index contributed by atoms with van der Waals surface area (Å²) in [5.74, 6) is 2.19. The number of allylic oxidation sites excluding steroid dienone is 2. The zero-order chi connectivity index (χ0) is 23.3. The van der Waals surface area contributed by atoms with Gasteiger partial charge in [0.15, 0.2) is 0 Å². The molecular weight excluding hydrogens is 396 g/mol. The van der Waals surface area contributed by atoms with E-state index in [2.05, 4.69) is 51.0 Å². The van der Waals surface area contributed by atoms with Crippen molar-refractivity contribution in [1.29, 1.82) is 5.26 Å². The van der Waals surface area contributed by atoms with Gasteiger partial charge in [0.05, 0.1) is 18.4 Å². The molecule has 5 nitrogen and oxygen atoms in total. The molecule has 0 aromatic carbocycles. The van der Waals surface area contributed by atoms with Crippen molar-refractivity contribution in [3.05, 3.63) is 36.6 Å². The summed E-state index contributed by atoms with van der Waals surface area (Å²) in [5, 5.41) is 9.14. The van der Waals surface area contributed by atoms with Crippen molar-refractivity contribution >= 4 is 5.82 Å². The summed E-state index contributed by atoms with van der Waals surface area (Å²) in [6.45, 7) is 16.8. The second kappa shape index (κ2) is 13.9. The summed E-state index contributed by atoms with van der Waals surface area (Å²) >= 11 is 0. The fraction of sp³-hybridized carbons (Fsp3) is 0.667. The third-order valence-electron chi connectivity index (χ3n) is 6.28. The molecule has 0 fully saturated rings. The van der Waals surface area contributed by atoms with E-state index in [1.54, 1.807) is 0 Å². The highest BCUT2D eigenvalue weighted by atomic mass is 16.5. The van der Waals surface area contributed by atoms with Crippen LogP contribution in [0.1, 0.15) is 77.0 Å². The zero-order valence-electron chi connectivity index (χ0n) is 20.5. The fourth-order valence-corrected chi connectivity index (χ4v) is 4.47. The van der Waals surface area contributed by atoms with Crippen molar-refractivity contribution in [2.24, 2.45) is 17.8 Å². The molecule has 1 aromatic rings. The van der Waals surface area contributed by atoms with Crippen molar-refractivity contribution in [2.75, 3.05) is 24.6 Å². The van der Waals surface area contributed by atoms with Gasteiger partial charge in [0.1, 0.15) is 5.82 Å². The number of unbranched alkanes of at least 4 members (excludes halogenated alkanes) is 1. The number of anilines is 1. The highest BCUT2D eigenvalue weighted by Crippen LogP contribution is 2.33. The van der Waals surface area contributed by atoms with Gasteiger partial charge in [-0.1, -0.05) is 45.8 Å². The summed E-state index contributed by atoms with van der Waals surface area (Å²) in [7, 11) is 0. The van der Waals surface area contributed by atoms with Crippen LogP contribution in [-0.4, -0.2) is 29.7 Å². The molecule has 0 radical (unpaired) electrons. The van der Waals surface area contributed by atoms with Gasteiger partial charge in [-0.3, -0.25) is 0 Å². The van der Waals surface area contributed by atoms with Crippen molar-refractivity contribution in [3.63, 3.8) is 0 Å². The summed E-state index contributed by atoms with van der Waals surface area (Å²) in [6.07, 6.45) is 13.0. The minimum absolute atomic E-state index is 0.289. The first-order valence-corrected chi connectivity index (χ1v) is 12.4. The Hall–Kier alpha value is -2.35. The maximum absolute atomic E-state index is 9.14. The molecule has 2 rings (SSSR count). The summed E-state index contributed by atoms with van der Waals surface area (Å²) in [4.78, 5) is 12.1. The Morgan fingerprint density at radius 2 is 2.09 bits per heavy atom.